The third-order valence-electron chi connectivity index (χ3n) is 3.71. The number of fused-ring (bicyclic) bond motifs is 4. The molecule has 86 valence electrons. The zero-order valence-electron chi connectivity index (χ0n) is 9.73. The number of benzene rings is 3. The summed E-state index contributed by atoms with van der Waals surface area (Å²) in [6, 6.07) is 21.3. The summed E-state index contributed by atoms with van der Waals surface area (Å²) < 4.78 is 0. The maximum atomic E-state index is 6.57. The largest absolute Gasteiger partial charge is 0.113 e. The van der Waals surface area contributed by atoms with Gasteiger partial charge in [0.2, 0.25) is 0 Å². The molecule has 18 heavy (non-hydrogen) atoms. The van der Waals surface area contributed by atoms with Gasteiger partial charge in [0.1, 0.15) is 0 Å². The summed E-state index contributed by atoms with van der Waals surface area (Å²) in [7, 11) is 0. The zero-order chi connectivity index (χ0) is 12.1. The van der Waals surface area contributed by atoms with Gasteiger partial charge in [-0.3, -0.25) is 0 Å². The van der Waals surface area contributed by atoms with E-state index in [2.05, 4.69) is 60.7 Å². The highest BCUT2D eigenvalue weighted by atomic mass is 35.5. The van der Waals surface area contributed by atoms with Gasteiger partial charge in [0.25, 0.3) is 0 Å². The fourth-order valence-electron chi connectivity index (χ4n) is 2.83. The maximum absolute atomic E-state index is 6.57. The van der Waals surface area contributed by atoms with Crippen LogP contribution in [0.4, 0.5) is 0 Å². The Hall–Kier alpha value is -1.79. The summed E-state index contributed by atoms with van der Waals surface area (Å²) in [4.78, 5) is 0. The molecular formula is C17H11Cl. The Morgan fingerprint density at radius 3 is 2.17 bits per heavy atom. The SMILES string of the molecule is ClC1c2ccccc2-c2cc3ccccc3cc21. The van der Waals surface area contributed by atoms with E-state index in [4.69, 9.17) is 11.6 Å². The minimum absolute atomic E-state index is 0.0131. The van der Waals surface area contributed by atoms with Crippen molar-refractivity contribution < 1.29 is 0 Å². The minimum Gasteiger partial charge on any atom is -0.113 e. The second kappa shape index (κ2) is 3.60. The van der Waals surface area contributed by atoms with Gasteiger partial charge in [0.05, 0.1) is 5.38 Å². The van der Waals surface area contributed by atoms with Crippen molar-refractivity contribution >= 4 is 22.4 Å². The van der Waals surface area contributed by atoms with Gasteiger partial charge in [-0.15, -0.1) is 11.6 Å². The summed E-state index contributed by atoms with van der Waals surface area (Å²) in [5, 5.41) is 2.52. The topological polar surface area (TPSA) is 0 Å². The predicted molar refractivity (Wildman–Crippen MR) is 77.1 cm³/mol. The van der Waals surface area contributed by atoms with Gasteiger partial charge < -0.3 is 0 Å². The molecule has 1 atom stereocenters. The van der Waals surface area contributed by atoms with Gasteiger partial charge in [-0.2, -0.15) is 0 Å². The van der Waals surface area contributed by atoms with Crippen molar-refractivity contribution in [3.8, 4) is 11.1 Å². The predicted octanol–water partition coefficient (Wildman–Crippen LogP) is 5.15. The Labute approximate surface area is 111 Å². The van der Waals surface area contributed by atoms with Crippen molar-refractivity contribution in [2.45, 2.75) is 5.38 Å². The molecule has 0 amide bonds. The van der Waals surface area contributed by atoms with Crippen molar-refractivity contribution in [2.75, 3.05) is 0 Å². The Bertz CT molecular complexity index is 758. The molecule has 0 radical (unpaired) electrons. The van der Waals surface area contributed by atoms with Crippen molar-refractivity contribution in [2.24, 2.45) is 0 Å². The lowest BCUT2D eigenvalue weighted by atomic mass is 10.0. The fourth-order valence-corrected chi connectivity index (χ4v) is 3.20. The van der Waals surface area contributed by atoms with Crippen LogP contribution >= 0.6 is 11.6 Å². The molecule has 1 aliphatic rings. The molecule has 0 spiro atoms. The first-order valence-electron chi connectivity index (χ1n) is 6.10. The lowest BCUT2D eigenvalue weighted by molar-refractivity contribution is 1.21. The van der Waals surface area contributed by atoms with Crippen LogP contribution in [0.15, 0.2) is 60.7 Å². The number of halogens is 1. The maximum Gasteiger partial charge on any atom is 0.0847 e. The van der Waals surface area contributed by atoms with E-state index >= 15 is 0 Å². The highest BCUT2D eigenvalue weighted by Crippen LogP contribution is 2.47. The molecule has 0 aromatic heterocycles. The van der Waals surface area contributed by atoms with Crippen LogP contribution in [0.1, 0.15) is 16.5 Å². The zero-order valence-corrected chi connectivity index (χ0v) is 10.5. The van der Waals surface area contributed by atoms with Gasteiger partial charge in [-0.05, 0) is 45.2 Å². The quantitative estimate of drug-likeness (QED) is 0.484. The number of hydrogen-bond donors (Lipinski definition) is 0. The third kappa shape index (κ3) is 1.27. The van der Waals surface area contributed by atoms with Crippen LogP contribution in [0.25, 0.3) is 21.9 Å². The molecule has 0 nitrogen and oxygen atoms in total. The summed E-state index contributed by atoms with van der Waals surface area (Å²) >= 11 is 6.57. The molecule has 0 fully saturated rings. The molecule has 0 bridgehead atoms. The van der Waals surface area contributed by atoms with E-state index in [0.29, 0.717) is 0 Å². The number of hydrogen-bond acceptors (Lipinski definition) is 0. The average Bonchev–Trinajstić information content (AvgIpc) is 2.71. The lowest BCUT2D eigenvalue weighted by Crippen LogP contribution is -1.85. The van der Waals surface area contributed by atoms with Crippen molar-refractivity contribution in [1.29, 1.82) is 0 Å². The van der Waals surface area contributed by atoms with Crippen molar-refractivity contribution in [3.63, 3.8) is 0 Å². The second-order valence-corrected chi connectivity index (χ2v) is 5.17. The molecule has 0 heterocycles. The summed E-state index contributed by atoms with van der Waals surface area (Å²) in [5.74, 6) is 0. The molecule has 1 unspecified atom stereocenters. The van der Waals surface area contributed by atoms with Crippen LogP contribution in [-0.2, 0) is 0 Å². The lowest BCUT2D eigenvalue weighted by Gasteiger charge is -2.06. The first kappa shape index (κ1) is 10.2. The molecule has 4 rings (SSSR count). The normalized spacial score (nSPS) is 16.6. The minimum atomic E-state index is -0.0131. The van der Waals surface area contributed by atoms with E-state index in [1.54, 1.807) is 0 Å². The summed E-state index contributed by atoms with van der Waals surface area (Å²) in [6.45, 7) is 0. The average molecular weight is 251 g/mol. The second-order valence-electron chi connectivity index (χ2n) is 4.74. The van der Waals surface area contributed by atoms with Crippen LogP contribution in [0.2, 0.25) is 0 Å². The number of alkyl halides is 1. The molecule has 0 saturated heterocycles. The molecule has 0 N–H and O–H groups in total. The van der Waals surface area contributed by atoms with Crippen LogP contribution in [0.3, 0.4) is 0 Å². The molecule has 0 aliphatic heterocycles. The summed E-state index contributed by atoms with van der Waals surface area (Å²) in [5.41, 5.74) is 5.02. The number of rotatable bonds is 0. The monoisotopic (exact) mass is 250 g/mol. The van der Waals surface area contributed by atoms with E-state index < -0.39 is 0 Å². The van der Waals surface area contributed by atoms with Gasteiger partial charge in [0.15, 0.2) is 0 Å². The van der Waals surface area contributed by atoms with Crippen LogP contribution < -0.4 is 0 Å². The first-order chi connectivity index (χ1) is 8.84. The van der Waals surface area contributed by atoms with E-state index in [0.717, 1.165) is 0 Å². The van der Waals surface area contributed by atoms with Gasteiger partial charge in [0, 0.05) is 0 Å². The first-order valence-corrected chi connectivity index (χ1v) is 6.54. The van der Waals surface area contributed by atoms with Gasteiger partial charge in [-0.1, -0.05) is 48.5 Å². The standard InChI is InChI=1S/C17H11Cl/c18-17-14-8-4-3-7-13(14)15-9-11-5-1-2-6-12(11)10-16(15)17/h1-10,17H. The van der Waals surface area contributed by atoms with Crippen molar-refractivity contribution in [3.05, 3.63) is 71.8 Å². The van der Waals surface area contributed by atoms with Gasteiger partial charge >= 0.3 is 0 Å². The molecule has 1 heteroatoms. The molecular weight excluding hydrogens is 240 g/mol. The molecule has 3 aromatic carbocycles. The van der Waals surface area contributed by atoms with E-state index in [1.807, 2.05) is 0 Å². The van der Waals surface area contributed by atoms with Crippen LogP contribution in [0, 0.1) is 0 Å². The van der Waals surface area contributed by atoms with Crippen LogP contribution in [-0.4, -0.2) is 0 Å². The highest BCUT2D eigenvalue weighted by molar-refractivity contribution is 6.25. The summed E-state index contributed by atoms with van der Waals surface area (Å²) in [6.07, 6.45) is 0. The van der Waals surface area contributed by atoms with E-state index in [9.17, 15) is 0 Å². The smallest absolute Gasteiger partial charge is 0.0847 e. The Kier molecular flexibility index (Phi) is 2.03. The molecule has 1 aliphatic carbocycles. The molecule has 3 aromatic rings. The Morgan fingerprint density at radius 1 is 0.667 bits per heavy atom. The van der Waals surface area contributed by atoms with Crippen LogP contribution in [0.5, 0.6) is 0 Å². The third-order valence-corrected chi connectivity index (χ3v) is 4.19. The van der Waals surface area contributed by atoms with E-state index in [1.165, 1.54) is 33.0 Å². The Morgan fingerprint density at radius 2 is 1.33 bits per heavy atom. The molecule has 0 saturated carbocycles. The van der Waals surface area contributed by atoms with Gasteiger partial charge in [-0.25, -0.2) is 0 Å². The Balaban J connectivity index is 2.10. The van der Waals surface area contributed by atoms with Crippen molar-refractivity contribution in [1.82, 2.24) is 0 Å². The van der Waals surface area contributed by atoms with E-state index in [-0.39, 0.29) is 5.38 Å². The fraction of sp³-hybridized carbons (Fsp3) is 0.0588. The highest BCUT2D eigenvalue weighted by Gasteiger charge is 2.26.